The number of nitrogens with one attached hydrogen (secondary N) is 1. The second-order valence-corrected chi connectivity index (χ2v) is 5.31. The van der Waals surface area contributed by atoms with Crippen LogP contribution in [-0.4, -0.2) is 21.0 Å². The van der Waals surface area contributed by atoms with Gasteiger partial charge in [-0.3, -0.25) is 8.77 Å². The smallest absolute Gasteiger partial charge is 0.335 e. The van der Waals surface area contributed by atoms with E-state index >= 15 is 0 Å². The minimum atomic E-state index is -1.01. The average Bonchev–Trinajstić information content (AvgIpc) is 2.66. The number of amides is 1. The van der Waals surface area contributed by atoms with E-state index in [9.17, 15) is 9.59 Å². The molecule has 19 heavy (non-hydrogen) atoms. The number of rotatable bonds is 1. The molecule has 0 unspecified atom stereocenters. The van der Waals surface area contributed by atoms with E-state index in [0.717, 1.165) is 10.5 Å². The summed E-state index contributed by atoms with van der Waals surface area (Å²) in [5.41, 5.74) is 2.23. The van der Waals surface area contributed by atoms with Crippen LogP contribution < -0.4 is 5.32 Å². The molecular weight excluding hydrogens is 264 g/mol. The molecule has 0 fully saturated rings. The molecule has 2 aromatic rings. The highest BCUT2D eigenvalue weighted by atomic mass is 32.2. The summed E-state index contributed by atoms with van der Waals surface area (Å²) in [6.45, 7) is 1.92. The minimum absolute atomic E-state index is 0.155. The van der Waals surface area contributed by atoms with Gasteiger partial charge in [-0.15, -0.1) is 0 Å². The molecule has 0 atom stereocenters. The molecule has 1 aliphatic rings. The Kier molecular flexibility index (Phi) is 2.60. The lowest BCUT2D eigenvalue weighted by molar-refractivity contribution is 0.0696. The molecule has 0 saturated carbocycles. The molecule has 1 amide bonds. The Morgan fingerprint density at radius 3 is 2.89 bits per heavy atom. The quantitative estimate of drug-likeness (QED) is 0.838. The predicted octanol–water partition coefficient (Wildman–Crippen LogP) is 2.62. The van der Waals surface area contributed by atoms with Crippen LogP contribution in [0.3, 0.4) is 0 Å². The summed E-state index contributed by atoms with van der Waals surface area (Å²) < 4.78 is 1.79. The summed E-state index contributed by atoms with van der Waals surface area (Å²) in [6.07, 6.45) is 1.87. The number of aromatic nitrogens is 1. The third kappa shape index (κ3) is 2.00. The van der Waals surface area contributed by atoms with Crippen molar-refractivity contribution < 1.29 is 14.7 Å². The van der Waals surface area contributed by atoms with Crippen molar-refractivity contribution in [3.63, 3.8) is 0 Å². The van der Waals surface area contributed by atoms with Crippen molar-refractivity contribution in [3.05, 3.63) is 47.3 Å². The third-order valence-electron chi connectivity index (χ3n) is 2.83. The topological polar surface area (TPSA) is 71.3 Å². The number of hydrogen-bond acceptors (Lipinski definition) is 3. The Morgan fingerprint density at radius 1 is 1.37 bits per heavy atom. The van der Waals surface area contributed by atoms with Gasteiger partial charge in [-0.25, -0.2) is 4.79 Å². The van der Waals surface area contributed by atoms with Crippen molar-refractivity contribution in [3.8, 4) is 0 Å². The van der Waals surface area contributed by atoms with Gasteiger partial charge in [0.25, 0.3) is 5.91 Å². The van der Waals surface area contributed by atoms with E-state index in [4.69, 9.17) is 5.11 Å². The monoisotopic (exact) mass is 274 g/mol. The van der Waals surface area contributed by atoms with Crippen LogP contribution in [-0.2, 0) is 0 Å². The van der Waals surface area contributed by atoms with E-state index in [2.05, 4.69) is 5.32 Å². The molecule has 1 aromatic heterocycles. The van der Waals surface area contributed by atoms with E-state index in [1.807, 2.05) is 13.1 Å². The van der Waals surface area contributed by atoms with Gasteiger partial charge in [-0.2, -0.15) is 0 Å². The summed E-state index contributed by atoms with van der Waals surface area (Å²) >= 11 is 1.39. The zero-order chi connectivity index (χ0) is 13.6. The number of benzene rings is 1. The van der Waals surface area contributed by atoms with Gasteiger partial charge in [-0.05, 0) is 48.7 Å². The van der Waals surface area contributed by atoms with Gasteiger partial charge >= 0.3 is 5.97 Å². The molecule has 1 aliphatic heterocycles. The first kappa shape index (κ1) is 11.9. The lowest BCUT2D eigenvalue weighted by Gasteiger charge is -2.06. The molecule has 3 rings (SSSR count). The molecule has 0 saturated heterocycles. The zero-order valence-electron chi connectivity index (χ0n) is 10.0. The molecule has 6 heteroatoms. The fourth-order valence-corrected chi connectivity index (χ4v) is 2.95. The molecule has 2 heterocycles. The van der Waals surface area contributed by atoms with Gasteiger partial charge in [0.1, 0.15) is 5.69 Å². The van der Waals surface area contributed by atoms with Crippen LogP contribution in [0.5, 0.6) is 0 Å². The van der Waals surface area contributed by atoms with Crippen molar-refractivity contribution in [1.82, 2.24) is 3.97 Å². The van der Waals surface area contributed by atoms with Crippen LogP contribution in [0.25, 0.3) is 0 Å². The molecule has 2 N–H and O–H groups in total. The maximum atomic E-state index is 12.1. The highest BCUT2D eigenvalue weighted by Gasteiger charge is 2.21. The number of anilines is 1. The number of aryl methyl sites for hydroxylation is 1. The first-order chi connectivity index (χ1) is 9.04. The number of carbonyl (C=O) groups is 2. The molecule has 0 aliphatic carbocycles. The zero-order valence-corrected chi connectivity index (χ0v) is 10.8. The van der Waals surface area contributed by atoms with Gasteiger partial charge in [0, 0.05) is 6.20 Å². The second kappa shape index (κ2) is 4.17. The fourth-order valence-electron chi connectivity index (χ4n) is 1.94. The molecule has 1 aromatic carbocycles. The van der Waals surface area contributed by atoms with Crippen LogP contribution in [0.2, 0.25) is 0 Å². The Balaban J connectivity index is 2.11. The minimum Gasteiger partial charge on any atom is -0.478 e. The Morgan fingerprint density at radius 2 is 2.16 bits per heavy atom. The second-order valence-electron chi connectivity index (χ2n) is 4.29. The van der Waals surface area contributed by atoms with Crippen molar-refractivity contribution >= 4 is 29.5 Å². The van der Waals surface area contributed by atoms with E-state index in [1.54, 1.807) is 16.1 Å². The Bertz CT molecular complexity index is 706. The van der Waals surface area contributed by atoms with Crippen molar-refractivity contribution in [2.75, 3.05) is 5.32 Å². The Labute approximate surface area is 113 Å². The van der Waals surface area contributed by atoms with Crippen molar-refractivity contribution in [1.29, 1.82) is 0 Å². The number of carboxylic acid groups (broad SMARTS) is 1. The lowest BCUT2D eigenvalue weighted by Crippen LogP contribution is -2.12. The summed E-state index contributed by atoms with van der Waals surface area (Å²) in [5.74, 6) is -1.25. The summed E-state index contributed by atoms with van der Waals surface area (Å²) in [5, 5.41) is 11.7. The van der Waals surface area contributed by atoms with Crippen LogP contribution in [0.15, 0.2) is 35.4 Å². The van der Waals surface area contributed by atoms with Crippen LogP contribution in [0.4, 0.5) is 5.69 Å². The van der Waals surface area contributed by atoms with Gasteiger partial charge in [0.2, 0.25) is 0 Å². The first-order valence-corrected chi connectivity index (χ1v) is 6.38. The number of fused-ring (bicyclic) bond motifs is 2. The normalized spacial score (nSPS) is 13.2. The van der Waals surface area contributed by atoms with Gasteiger partial charge in [-0.1, -0.05) is 0 Å². The number of nitrogens with zero attached hydrogens (tertiary/aromatic N) is 1. The standard InChI is InChI=1S/C13H10N2O3S/c1-7-4-10-12(16)14-9-5-8(13(17)18)2-3-11(9)19-15(10)6-7/h2-6H,1H3,(H,14,16)(H,17,18). The van der Waals surface area contributed by atoms with Gasteiger partial charge < -0.3 is 10.4 Å². The highest BCUT2D eigenvalue weighted by molar-refractivity contribution is 7.98. The summed E-state index contributed by atoms with van der Waals surface area (Å²) in [6, 6.07) is 6.50. The van der Waals surface area contributed by atoms with Gasteiger partial charge in [0.15, 0.2) is 0 Å². The molecule has 0 spiro atoms. The fraction of sp³-hybridized carbons (Fsp3) is 0.0769. The van der Waals surface area contributed by atoms with Gasteiger partial charge in [0.05, 0.1) is 16.1 Å². The molecule has 5 nitrogen and oxygen atoms in total. The maximum absolute atomic E-state index is 12.1. The SMILES string of the molecule is Cc1cc2n(c1)Sc1ccc(C(=O)O)cc1NC2=O. The first-order valence-electron chi connectivity index (χ1n) is 5.60. The van der Waals surface area contributed by atoms with Crippen molar-refractivity contribution in [2.45, 2.75) is 11.8 Å². The molecule has 0 radical (unpaired) electrons. The van der Waals surface area contributed by atoms with Crippen LogP contribution in [0.1, 0.15) is 26.4 Å². The highest BCUT2D eigenvalue weighted by Crippen LogP contribution is 2.34. The number of hydrogen-bond donors (Lipinski definition) is 2. The molecular formula is C13H10N2O3S. The van der Waals surface area contributed by atoms with E-state index in [1.165, 1.54) is 24.1 Å². The third-order valence-corrected chi connectivity index (χ3v) is 3.88. The summed E-state index contributed by atoms with van der Waals surface area (Å²) in [7, 11) is 0. The van der Waals surface area contributed by atoms with Crippen LogP contribution >= 0.6 is 11.9 Å². The lowest BCUT2D eigenvalue weighted by atomic mass is 10.2. The van der Waals surface area contributed by atoms with E-state index in [-0.39, 0.29) is 11.5 Å². The predicted molar refractivity (Wildman–Crippen MR) is 71.8 cm³/mol. The number of aromatic carboxylic acids is 1. The number of carboxylic acids is 1. The maximum Gasteiger partial charge on any atom is 0.335 e. The molecule has 0 bridgehead atoms. The van der Waals surface area contributed by atoms with Crippen molar-refractivity contribution in [2.24, 2.45) is 0 Å². The Hall–Kier alpha value is -2.21. The number of carbonyl (C=O) groups excluding carboxylic acids is 1. The average molecular weight is 274 g/mol. The summed E-state index contributed by atoms with van der Waals surface area (Å²) in [4.78, 5) is 23.8. The van der Waals surface area contributed by atoms with Crippen LogP contribution in [0, 0.1) is 6.92 Å². The molecule has 96 valence electrons. The van der Waals surface area contributed by atoms with E-state index < -0.39 is 5.97 Å². The van der Waals surface area contributed by atoms with E-state index in [0.29, 0.717) is 11.4 Å². The largest absolute Gasteiger partial charge is 0.478 e.